The van der Waals surface area contributed by atoms with Crippen LogP contribution in [-0.2, 0) is 17.9 Å². The molecule has 5 heteroatoms. The summed E-state index contributed by atoms with van der Waals surface area (Å²) in [6, 6.07) is 7.44. The molecule has 1 aromatic carbocycles. The number of aliphatic hydroxyl groups excluding tert-OH is 1. The largest absolute Gasteiger partial charge is 0.392 e. The van der Waals surface area contributed by atoms with E-state index in [1.807, 2.05) is 31.2 Å². The monoisotopic (exact) mass is 278 g/mol. The molecule has 2 rings (SSSR count). The Labute approximate surface area is 119 Å². The normalized spacial score (nSPS) is 19.6. The van der Waals surface area contributed by atoms with Crippen LogP contribution in [0.25, 0.3) is 0 Å². The van der Waals surface area contributed by atoms with Crippen LogP contribution in [-0.4, -0.2) is 30.4 Å². The number of ether oxygens (including phenoxy) is 1. The molecule has 1 aliphatic heterocycles. The summed E-state index contributed by atoms with van der Waals surface area (Å²) in [5, 5.41) is 15.0. The van der Waals surface area contributed by atoms with Crippen LogP contribution in [0.5, 0.6) is 0 Å². The molecule has 20 heavy (non-hydrogen) atoms. The minimum atomic E-state index is -0.183. The summed E-state index contributed by atoms with van der Waals surface area (Å²) < 4.78 is 5.32. The van der Waals surface area contributed by atoms with Crippen molar-refractivity contribution in [2.75, 3.05) is 13.2 Å². The second-order valence-corrected chi connectivity index (χ2v) is 5.17. The van der Waals surface area contributed by atoms with Gasteiger partial charge in [0.1, 0.15) is 0 Å². The van der Waals surface area contributed by atoms with Crippen LogP contribution in [0.3, 0.4) is 0 Å². The summed E-state index contributed by atoms with van der Waals surface area (Å²) in [6.45, 7) is 3.89. The highest BCUT2D eigenvalue weighted by Crippen LogP contribution is 2.16. The van der Waals surface area contributed by atoms with Gasteiger partial charge in [-0.2, -0.15) is 0 Å². The van der Waals surface area contributed by atoms with E-state index >= 15 is 0 Å². The number of carbonyl (C=O) groups excluding carboxylic acids is 1. The average molecular weight is 278 g/mol. The molecule has 2 atom stereocenters. The van der Waals surface area contributed by atoms with Crippen molar-refractivity contribution in [3.8, 4) is 0 Å². The van der Waals surface area contributed by atoms with E-state index in [2.05, 4.69) is 10.6 Å². The van der Waals surface area contributed by atoms with Gasteiger partial charge < -0.3 is 20.5 Å². The second-order valence-electron chi connectivity index (χ2n) is 5.17. The zero-order valence-corrected chi connectivity index (χ0v) is 11.8. The van der Waals surface area contributed by atoms with Crippen LogP contribution >= 0.6 is 0 Å². The van der Waals surface area contributed by atoms with Crippen molar-refractivity contribution in [2.45, 2.75) is 32.5 Å². The van der Waals surface area contributed by atoms with Crippen LogP contribution in [0.1, 0.15) is 24.5 Å². The summed E-state index contributed by atoms with van der Waals surface area (Å²) in [5.74, 6) is 0.394. The quantitative estimate of drug-likeness (QED) is 0.762. The van der Waals surface area contributed by atoms with E-state index in [0.29, 0.717) is 12.5 Å². The lowest BCUT2D eigenvalue weighted by Gasteiger charge is -2.19. The molecule has 1 heterocycles. The number of hydrogen-bond donors (Lipinski definition) is 3. The molecule has 3 N–H and O–H groups in total. The Balaban J connectivity index is 1.79. The maximum atomic E-state index is 11.9. The second kappa shape index (κ2) is 7.26. The van der Waals surface area contributed by atoms with Crippen molar-refractivity contribution in [3.05, 3.63) is 35.4 Å². The van der Waals surface area contributed by atoms with Gasteiger partial charge >= 0.3 is 6.03 Å². The fourth-order valence-electron chi connectivity index (χ4n) is 2.38. The smallest absolute Gasteiger partial charge is 0.315 e. The van der Waals surface area contributed by atoms with Crippen molar-refractivity contribution in [2.24, 2.45) is 5.92 Å². The van der Waals surface area contributed by atoms with Gasteiger partial charge in [-0.05, 0) is 24.5 Å². The average Bonchev–Trinajstić information content (AvgIpc) is 2.99. The molecule has 0 radical (unpaired) electrons. The Morgan fingerprint density at radius 2 is 2.20 bits per heavy atom. The van der Waals surface area contributed by atoms with Crippen molar-refractivity contribution >= 4 is 6.03 Å². The number of rotatable bonds is 5. The van der Waals surface area contributed by atoms with Gasteiger partial charge in [0.25, 0.3) is 0 Å². The van der Waals surface area contributed by atoms with Crippen molar-refractivity contribution < 1.29 is 14.6 Å². The predicted octanol–water partition coefficient (Wildman–Crippen LogP) is 1.40. The number of urea groups is 1. The lowest BCUT2D eigenvalue weighted by Crippen LogP contribution is -2.44. The van der Waals surface area contributed by atoms with Crippen molar-refractivity contribution in [1.29, 1.82) is 0 Å². The molecule has 2 unspecified atom stereocenters. The van der Waals surface area contributed by atoms with Crippen LogP contribution in [0.2, 0.25) is 0 Å². The number of carbonyl (C=O) groups is 1. The first-order valence-corrected chi connectivity index (χ1v) is 7.00. The summed E-state index contributed by atoms with van der Waals surface area (Å²) in [7, 11) is 0. The maximum absolute atomic E-state index is 11.9. The highest BCUT2D eigenvalue weighted by molar-refractivity contribution is 5.74. The van der Waals surface area contributed by atoms with Gasteiger partial charge in [-0.25, -0.2) is 4.79 Å². The minimum absolute atomic E-state index is 0.0186. The number of hydrogen-bond acceptors (Lipinski definition) is 3. The molecule has 1 fully saturated rings. The molecule has 1 saturated heterocycles. The van der Waals surface area contributed by atoms with E-state index < -0.39 is 0 Å². The lowest BCUT2D eigenvalue weighted by molar-refractivity contribution is 0.178. The van der Waals surface area contributed by atoms with Crippen LogP contribution in [0.15, 0.2) is 24.3 Å². The van der Waals surface area contributed by atoms with Gasteiger partial charge in [0.15, 0.2) is 0 Å². The van der Waals surface area contributed by atoms with Gasteiger partial charge in [0, 0.05) is 25.1 Å². The summed E-state index contributed by atoms with van der Waals surface area (Å²) in [5.41, 5.74) is 1.77. The van der Waals surface area contributed by atoms with E-state index in [-0.39, 0.29) is 18.7 Å². The maximum Gasteiger partial charge on any atom is 0.315 e. The highest BCUT2D eigenvalue weighted by atomic mass is 16.5. The standard InChI is InChI=1S/C15H22N2O3/c1-11(14-6-7-20-10-14)17-15(19)16-8-12-4-2-3-5-13(12)9-18/h2-5,11,14,18H,6-10H2,1H3,(H2,16,17,19). The molecule has 5 nitrogen and oxygen atoms in total. The van der Waals surface area contributed by atoms with Crippen molar-refractivity contribution in [1.82, 2.24) is 10.6 Å². The van der Waals surface area contributed by atoms with E-state index in [4.69, 9.17) is 4.74 Å². The van der Waals surface area contributed by atoms with Gasteiger partial charge in [-0.1, -0.05) is 24.3 Å². The zero-order chi connectivity index (χ0) is 14.4. The Hall–Kier alpha value is -1.59. The number of benzene rings is 1. The Kier molecular flexibility index (Phi) is 5.38. The molecule has 0 aliphatic carbocycles. The topological polar surface area (TPSA) is 70.6 Å². The molecule has 0 aromatic heterocycles. The summed E-state index contributed by atoms with van der Waals surface area (Å²) >= 11 is 0. The molecule has 0 bridgehead atoms. The highest BCUT2D eigenvalue weighted by Gasteiger charge is 2.23. The van der Waals surface area contributed by atoms with E-state index in [1.165, 1.54) is 0 Å². The fraction of sp³-hybridized carbons (Fsp3) is 0.533. The SMILES string of the molecule is CC(NC(=O)NCc1ccccc1CO)C1CCOC1. The Bertz CT molecular complexity index is 444. The number of aliphatic hydroxyl groups is 1. The van der Waals surface area contributed by atoms with Crippen LogP contribution < -0.4 is 10.6 Å². The number of nitrogens with one attached hydrogen (secondary N) is 2. The van der Waals surface area contributed by atoms with Gasteiger partial charge in [-0.15, -0.1) is 0 Å². The van der Waals surface area contributed by atoms with E-state index in [0.717, 1.165) is 30.8 Å². The predicted molar refractivity (Wildman–Crippen MR) is 76.1 cm³/mol. The third-order valence-corrected chi connectivity index (χ3v) is 3.76. The van der Waals surface area contributed by atoms with E-state index in [1.54, 1.807) is 0 Å². The molecule has 2 amide bonds. The third-order valence-electron chi connectivity index (χ3n) is 3.76. The van der Waals surface area contributed by atoms with Gasteiger partial charge in [0.2, 0.25) is 0 Å². The van der Waals surface area contributed by atoms with Gasteiger partial charge in [-0.3, -0.25) is 0 Å². The van der Waals surface area contributed by atoms with Crippen molar-refractivity contribution in [3.63, 3.8) is 0 Å². The first kappa shape index (κ1) is 14.8. The minimum Gasteiger partial charge on any atom is -0.392 e. The lowest BCUT2D eigenvalue weighted by atomic mass is 10.0. The molecule has 1 aliphatic rings. The van der Waals surface area contributed by atoms with Crippen LogP contribution in [0, 0.1) is 5.92 Å². The molecule has 110 valence electrons. The Morgan fingerprint density at radius 1 is 1.45 bits per heavy atom. The first-order valence-electron chi connectivity index (χ1n) is 7.00. The Morgan fingerprint density at radius 3 is 2.85 bits per heavy atom. The molecule has 0 saturated carbocycles. The van der Waals surface area contributed by atoms with E-state index in [9.17, 15) is 9.90 Å². The molecular formula is C15H22N2O3. The third kappa shape index (κ3) is 3.95. The zero-order valence-electron chi connectivity index (χ0n) is 11.8. The molecular weight excluding hydrogens is 256 g/mol. The first-order chi connectivity index (χ1) is 9.70. The molecule has 0 spiro atoms. The van der Waals surface area contributed by atoms with Gasteiger partial charge in [0.05, 0.1) is 13.2 Å². The fourth-order valence-corrected chi connectivity index (χ4v) is 2.38. The molecule has 1 aromatic rings. The summed E-state index contributed by atoms with van der Waals surface area (Å²) in [6.07, 6.45) is 0.995. The van der Waals surface area contributed by atoms with Crippen LogP contribution in [0.4, 0.5) is 4.79 Å². The number of amides is 2. The summed E-state index contributed by atoms with van der Waals surface area (Å²) in [4.78, 5) is 11.9.